The molecule has 0 amide bonds. The Balaban J connectivity index is 0.00000165. The molecular formula is C49H35N. The van der Waals surface area contributed by atoms with Gasteiger partial charge in [-0.3, -0.25) is 4.98 Å². The van der Waals surface area contributed by atoms with E-state index in [1.165, 1.54) is 98.0 Å². The van der Waals surface area contributed by atoms with Crippen molar-refractivity contribution in [3.8, 4) is 33.4 Å². The summed E-state index contributed by atoms with van der Waals surface area (Å²) in [6.07, 6.45) is 3.76. The summed E-state index contributed by atoms with van der Waals surface area (Å²) in [5, 5.41) is 15.2. The second kappa shape index (κ2) is 12.3. The first-order valence-electron chi connectivity index (χ1n) is 17.5. The van der Waals surface area contributed by atoms with Gasteiger partial charge in [0.15, 0.2) is 0 Å². The molecule has 0 radical (unpaired) electrons. The lowest BCUT2D eigenvalue weighted by Gasteiger charge is -2.18. The van der Waals surface area contributed by atoms with Gasteiger partial charge >= 0.3 is 0 Å². The third kappa shape index (κ3) is 4.82. The zero-order valence-electron chi connectivity index (χ0n) is 28.2. The van der Waals surface area contributed by atoms with Crippen LogP contribution in [0, 0.1) is 0 Å². The van der Waals surface area contributed by atoms with Crippen LogP contribution >= 0.6 is 0 Å². The molecule has 10 aromatic rings. The predicted octanol–water partition coefficient (Wildman–Crippen LogP) is 14.0. The minimum atomic E-state index is 1.18. The average Bonchev–Trinajstić information content (AvgIpc) is 3.19. The van der Waals surface area contributed by atoms with Crippen molar-refractivity contribution in [2.75, 3.05) is 0 Å². The lowest BCUT2D eigenvalue weighted by Crippen LogP contribution is -1.91. The summed E-state index contributed by atoms with van der Waals surface area (Å²) >= 11 is 0. The highest BCUT2D eigenvalue weighted by atomic mass is 14.6. The van der Waals surface area contributed by atoms with Crippen LogP contribution in [0.4, 0.5) is 0 Å². The Kier molecular flexibility index (Phi) is 7.33. The summed E-state index contributed by atoms with van der Waals surface area (Å²) in [7, 11) is 0. The van der Waals surface area contributed by atoms with E-state index in [0.29, 0.717) is 0 Å². The molecule has 1 nitrogen and oxygen atoms in total. The maximum atomic E-state index is 4.29. The molecule has 0 aliphatic rings. The van der Waals surface area contributed by atoms with Crippen molar-refractivity contribution in [1.82, 2.24) is 4.98 Å². The Labute approximate surface area is 292 Å². The van der Waals surface area contributed by atoms with Crippen molar-refractivity contribution in [2.24, 2.45) is 0 Å². The number of nitrogens with zero attached hydrogens (tertiary/aromatic N) is 1. The van der Waals surface area contributed by atoms with Gasteiger partial charge in [-0.1, -0.05) is 141 Å². The van der Waals surface area contributed by atoms with Gasteiger partial charge in [0.1, 0.15) is 0 Å². The molecular weight excluding hydrogens is 603 g/mol. The normalized spacial score (nSPS) is 11.4. The van der Waals surface area contributed by atoms with Crippen LogP contribution in [0.15, 0.2) is 176 Å². The smallest absolute Gasteiger partial charge is 0.0273 e. The minimum Gasteiger partial charge on any atom is -0.265 e. The van der Waals surface area contributed by atoms with E-state index in [0.717, 1.165) is 0 Å². The molecule has 1 heteroatoms. The number of pyridine rings is 1. The maximum Gasteiger partial charge on any atom is 0.0273 e. The molecule has 0 saturated heterocycles. The van der Waals surface area contributed by atoms with E-state index in [9.17, 15) is 0 Å². The monoisotopic (exact) mass is 637 g/mol. The largest absolute Gasteiger partial charge is 0.265 e. The lowest BCUT2D eigenvalue weighted by atomic mass is 9.85. The highest BCUT2D eigenvalue weighted by Gasteiger charge is 2.17. The molecule has 0 aliphatic heterocycles. The molecule has 0 N–H and O–H groups in total. The molecule has 0 aliphatic carbocycles. The molecule has 1 aromatic heterocycles. The molecule has 50 heavy (non-hydrogen) atoms. The topological polar surface area (TPSA) is 12.9 Å². The van der Waals surface area contributed by atoms with Crippen LogP contribution < -0.4 is 0 Å². The van der Waals surface area contributed by atoms with Crippen molar-refractivity contribution in [3.63, 3.8) is 0 Å². The maximum absolute atomic E-state index is 4.29. The second-order valence-corrected chi connectivity index (χ2v) is 12.7. The Morgan fingerprint density at radius 1 is 0.300 bits per heavy atom. The van der Waals surface area contributed by atoms with E-state index in [4.69, 9.17) is 0 Å². The Morgan fingerprint density at radius 3 is 1.46 bits per heavy atom. The standard InChI is InChI=1S/C47H29N.C2H6/c1-2-9-32-29-45-36(26-31(32)8-1)20-21-40-38(14-7-15-39(40)45)35-18-16-34-28-37(19-17-33(34)27-35)47-43-12-5-3-10-41(43)46(30-22-24-48-25-23-30)42-11-4-6-13-44(42)47;1-2/h1-29H;1-2H3. The Hall–Kier alpha value is -6.31. The van der Waals surface area contributed by atoms with Gasteiger partial charge in [0.25, 0.3) is 0 Å². The van der Waals surface area contributed by atoms with Crippen LogP contribution in [0.2, 0.25) is 0 Å². The first-order chi connectivity index (χ1) is 24.8. The van der Waals surface area contributed by atoms with Crippen LogP contribution in [0.1, 0.15) is 13.8 Å². The Bertz CT molecular complexity index is 2830. The van der Waals surface area contributed by atoms with Crippen molar-refractivity contribution in [2.45, 2.75) is 13.8 Å². The summed E-state index contributed by atoms with van der Waals surface area (Å²) in [5.74, 6) is 0. The highest BCUT2D eigenvalue weighted by molar-refractivity contribution is 6.22. The number of aromatic nitrogens is 1. The van der Waals surface area contributed by atoms with Crippen LogP contribution in [0.5, 0.6) is 0 Å². The number of hydrogen-bond donors (Lipinski definition) is 0. The van der Waals surface area contributed by atoms with E-state index in [1.807, 2.05) is 26.2 Å². The van der Waals surface area contributed by atoms with Gasteiger partial charge in [-0.05, 0) is 134 Å². The third-order valence-electron chi connectivity index (χ3n) is 10.1. The molecule has 0 fully saturated rings. The van der Waals surface area contributed by atoms with E-state index >= 15 is 0 Å². The van der Waals surface area contributed by atoms with Crippen molar-refractivity contribution >= 4 is 64.6 Å². The lowest BCUT2D eigenvalue weighted by molar-refractivity contribution is 1.33. The van der Waals surface area contributed by atoms with Gasteiger partial charge in [-0.25, -0.2) is 0 Å². The quantitative estimate of drug-likeness (QED) is 0.139. The summed E-state index contributed by atoms with van der Waals surface area (Å²) in [6, 6.07) is 60.3. The molecule has 236 valence electrons. The van der Waals surface area contributed by atoms with Gasteiger partial charge in [-0.2, -0.15) is 0 Å². The number of fused-ring (bicyclic) bond motifs is 7. The molecule has 0 spiro atoms. The first kappa shape index (κ1) is 29.8. The van der Waals surface area contributed by atoms with Gasteiger partial charge in [0, 0.05) is 12.4 Å². The van der Waals surface area contributed by atoms with Crippen molar-refractivity contribution < 1.29 is 0 Å². The SMILES string of the molecule is CC.c1ccc2cc3c(ccc4c(-c5ccc6cc(-c7c8ccccc8c(-c8ccncc8)c8ccccc78)ccc6c5)cccc43)cc2c1. The second-order valence-electron chi connectivity index (χ2n) is 12.7. The summed E-state index contributed by atoms with van der Waals surface area (Å²) < 4.78 is 0. The van der Waals surface area contributed by atoms with Gasteiger partial charge in [0.2, 0.25) is 0 Å². The number of benzene rings is 9. The number of rotatable bonds is 3. The van der Waals surface area contributed by atoms with Gasteiger partial charge in [0.05, 0.1) is 0 Å². The van der Waals surface area contributed by atoms with E-state index in [1.54, 1.807) is 0 Å². The summed E-state index contributed by atoms with van der Waals surface area (Å²) in [5.41, 5.74) is 7.45. The van der Waals surface area contributed by atoms with Gasteiger partial charge < -0.3 is 0 Å². The fourth-order valence-electron chi connectivity index (χ4n) is 7.87. The summed E-state index contributed by atoms with van der Waals surface area (Å²) in [6.45, 7) is 4.00. The zero-order chi connectivity index (χ0) is 33.6. The molecule has 0 atom stereocenters. The molecule has 0 unspecified atom stereocenters. The van der Waals surface area contributed by atoms with E-state index in [-0.39, 0.29) is 0 Å². The fourth-order valence-corrected chi connectivity index (χ4v) is 7.87. The van der Waals surface area contributed by atoms with E-state index in [2.05, 4.69) is 169 Å². The van der Waals surface area contributed by atoms with Crippen LogP contribution in [-0.2, 0) is 0 Å². The summed E-state index contributed by atoms with van der Waals surface area (Å²) in [4.78, 5) is 4.29. The first-order valence-corrected chi connectivity index (χ1v) is 17.5. The molecule has 0 saturated carbocycles. The average molecular weight is 638 g/mol. The van der Waals surface area contributed by atoms with Crippen LogP contribution in [0.25, 0.3) is 98.0 Å². The van der Waals surface area contributed by atoms with E-state index < -0.39 is 0 Å². The molecule has 10 rings (SSSR count). The molecule has 1 heterocycles. The predicted molar refractivity (Wildman–Crippen MR) is 217 cm³/mol. The van der Waals surface area contributed by atoms with Crippen molar-refractivity contribution in [3.05, 3.63) is 176 Å². The molecule has 9 aromatic carbocycles. The fraction of sp³-hybridized carbons (Fsp3) is 0.0408. The minimum absolute atomic E-state index is 1.18. The Morgan fingerprint density at radius 2 is 0.800 bits per heavy atom. The third-order valence-corrected chi connectivity index (χ3v) is 10.1. The highest BCUT2D eigenvalue weighted by Crippen LogP contribution is 2.44. The number of hydrogen-bond acceptors (Lipinski definition) is 1. The van der Waals surface area contributed by atoms with Crippen molar-refractivity contribution in [1.29, 1.82) is 0 Å². The van der Waals surface area contributed by atoms with Gasteiger partial charge in [-0.15, -0.1) is 0 Å². The van der Waals surface area contributed by atoms with Crippen LogP contribution in [-0.4, -0.2) is 4.98 Å². The zero-order valence-corrected chi connectivity index (χ0v) is 28.2. The van der Waals surface area contributed by atoms with Crippen LogP contribution in [0.3, 0.4) is 0 Å². The molecule has 0 bridgehead atoms.